The smallest absolute Gasteiger partial charge is 0.101 e. The van der Waals surface area contributed by atoms with Crippen LogP contribution in [0.2, 0.25) is 0 Å². The summed E-state index contributed by atoms with van der Waals surface area (Å²) in [6.07, 6.45) is 1.74. The van der Waals surface area contributed by atoms with Gasteiger partial charge in [0, 0.05) is 5.54 Å². The lowest BCUT2D eigenvalue weighted by Crippen LogP contribution is -2.52. The zero-order chi connectivity index (χ0) is 12.1. The van der Waals surface area contributed by atoms with Gasteiger partial charge in [-0.15, -0.1) is 10.3 Å². The predicted octanol–water partition coefficient (Wildman–Crippen LogP) is 2.65. The van der Waals surface area contributed by atoms with Crippen LogP contribution in [0.5, 0.6) is 0 Å². The molecular formula is C12H25N2O. The summed E-state index contributed by atoms with van der Waals surface area (Å²) in [5.41, 5.74) is -0.762. The average Bonchev–Trinajstić information content (AvgIpc) is 2.27. The molecule has 0 spiro atoms. The molecule has 0 amide bonds. The number of likely N-dealkylation sites (N-methyl/N-ethyl adjacent to an activating group) is 1. The minimum absolute atomic E-state index is 0.0965. The highest BCUT2D eigenvalue weighted by molar-refractivity contribution is 5.13. The SMILES string of the molecule is CCC1(CC)N(C)C(C)(C)C(C)(C)N1[O]. The van der Waals surface area contributed by atoms with Crippen LogP contribution in [-0.4, -0.2) is 33.8 Å². The van der Waals surface area contributed by atoms with Gasteiger partial charge in [-0.25, -0.2) is 0 Å². The lowest BCUT2D eigenvalue weighted by molar-refractivity contribution is -0.270. The molecule has 1 radical (unpaired) electrons. The van der Waals surface area contributed by atoms with Crippen molar-refractivity contribution in [3.63, 3.8) is 0 Å². The third-order valence-corrected chi connectivity index (χ3v) is 4.98. The van der Waals surface area contributed by atoms with Gasteiger partial charge < -0.3 is 0 Å². The molecule has 15 heavy (non-hydrogen) atoms. The fourth-order valence-corrected chi connectivity index (χ4v) is 2.85. The van der Waals surface area contributed by atoms with E-state index in [9.17, 15) is 5.21 Å². The number of nitrogens with zero attached hydrogens (tertiary/aromatic N) is 2. The van der Waals surface area contributed by atoms with Gasteiger partial charge in [0.05, 0.1) is 5.54 Å². The molecule has 0 unspecified atom stereocenters. The largest absolute Gasteiger partial charge is 0.279 e. The molecule has 1 heterocycles. The van der Waals surface area contributed by atoms with Gasteiger partial charge >= 0.3 is 0 Å². The highest BCUT2D eigenvalue weighted by Gasteiger charge is 2.63. The number of hydrogen-bond donors (Lipinski definition) is 0. The van der Waals surface area contributed by atoms with Crippen LogP contribution in [-0.2, 0) is 5.21 Å². The molecule has 1 rings (SSSR count). The Morgan fingerprint density at radius 1 is 0.933 bits per heavy atom. The Kier molecular flexibility index (Phi) is 2.97. The second-order valence-corrected chi connectivity index (χ2v) is 5.66. The van der Waals surface area contributed by atoms with Crippen LogP contribution in [0.25, 0.3) is 0 Å². The van der Waals surface area contributed by atoms with Crippen molar-refractivity contribution in [1.29, 1.82) is 0 Å². The van der Waals surface area contributed by atoms with Crippen molar-refractivity contribution in [3.05, 3.63) is 0 Å². The Bertz CT molecular complexity index is 222. The predicted molar refractivity (Wildman–Crippen MR) is 61.8 cm³/mol. The quantitative estimate of drug-likeness (QED) is 0.705. The summed E-state index contributed by atoms with van der Waals surface area (Å²) in [5, 5.41) is 13.8. The van der Waals surface area contributed by atoms with Crippen molar-refractivity contribution in [1.82, 2.24) is 9.96 Å². The monoisotopic (exact) mass is 213 g/mol. The summed E-state index contributed by atoms with van der Waals surface area (Å²) in [6.45, 7) is 12.6. The van der Waals surface area contributed by atoms with Crippen molar-refractivity contribution in [3.8, 4) is 0 Å². The average molecular weight is 213 g/mol. The molecule has 0 bridgehead atoms. The summed E-state index contributed by atoms with van der Waals surface area (Å²) in [4.78, 5) is 2.26. The van der Waals surface area contributed by atoms with E-state index < -0.39 is 0 Å². The van der Waals surface area contributed by atoms with E-state index >= 15 is 0 Å². The molecule has 1 aliphatic rings. The maximum absolute atomic E-state index is 12.5. The van der Waals surface area contributed by atoms with E-state index in [1.54, 1.807) is 0 Å². The number of rotatable bonds is 2. The fraction of sp³-hybridized carbons (Fsp3) is 1.00. The lowest BCUT2D eigenvalue weighted by atomic mass is 9.83. The minimum atomic E-state index is -0.340. The second kappa shape index (κ2) is 3.44. The number of hydrogen-bond acceptors (Lipinski definition) is 2. The van der Waals surface area contributed by atoms with Crippen LogP contribution < -0.4 is 0 Å². The van der Waals surface area contributed by atoms with Gasteiger partial charge in [-0.05, 0) is 47.6 Å². The molecule has 0 saturated carbocycles. The standard InChI is InChI=1S/C12H25N2O/c1-8-12(9-2)13(7)10(3,4)11(5,6)14(12)15/h8-9H2,1-7H3. The zero-order valence-corrected chi connectivity index (χ0v) is 11.2. The van der Waals surface area contributed by atoms with E-state index in [4.69, 9.17) is 0 Å². The highest BCUT2D eigenvalue weighted by Crippen LogP contribution is 2.49. The van der Waals surface area contributed by atoms with E-state index in [1.165, 1.54) is 5.06 Å². The van der Waals surface area contributed by atoms with Crippen molar-refractivity contribution in [2.24, 2.45) is 0 Å². The Morgan fingerprint density at radius 2 is 1.33 bits per heavy atom. The van der Waals surface area contributed by atoms with Gasteiger partial charge in [-0.2, -0.15) is 0 Å². The minimum Gasteiger partial charge on any atom is -0.279 e. The van der Waals surface area contributed by atoms with E-state index in [0.717, 1.165) is 12.8 Å². The molecule has 1 fully saturated rings. The van der Waals surface area contributed by atoms with E-state index in [0.29, 0.717) is 0 Å². The van der Waals surface area contributed by atoms with Crippen molar-refractivity contribution < 1.29 is 5.21 Å². The third-order valence-electron chi connectivity index (χ3n) is 4.98. The summed E-state index contributed by atoms with van der Waals surface area (Å²) in [5.74, 6) is 0. The second-order valence-electron chi connectivity index (χ2n) is 5.66. The molecule has 89 valence electrons. The first-order valence-corrected chi connectivity index (χ1v) is 5.90. The Labute approximate surface area is 94.0 Å². The molecule has 0 aromatic carbocycles. The molecule has 0 aromatic heterocycles. The van der Waals surface area contributed by atoms with Gasteiger partial charge in [0.15, 0.2) is 0 Å². The van der Waals surface area contributed by atoms with Crippen molar-refractivity contribution >= 4 is 0 Å². The van der Waals surface area contributed by atoms with Crippen LogP contribution in [0, 0.1) is 0 Å². The summed E-state index contributed by atoms with van der Waals surface area (Å²) >= 11 is 0. The van der Waals surface area contributed by atoms with Gasteiger partial charge in [0.25, 0.3) is 0 Å². The molecule has 3 heteroatoms. The van der Waals surface area contributed by atoms with E-state index in [-0.39, 0.29) is 16.7 Å². The first kappa shape index (κ1) is 12.9. The Balaban J connectivity index is 3.27. The van der Waals surface area contributed by atoms with Crippen LogP contribution >= 0.6 is 0 Å². The molecule has 1 aliphatic heterocycles. The first-order chi connectivity index (χ1) is 6.68. The molecule has 0 N–H and O–H groups in total. The van der Waals surface area contributed by atoms with Crippen molar-refractivity contribution in [2.45, 2.75) is 71.1 Å². The Hall–Kier alpha value is -0.120. The zero-order valence-electron chi connectivity index (χ0n) is 11.2. The maximum atomic E-state index is 12.5. The molecule has 0 aliphatic carbocycles. The fourth-order valence-electron chi connectivity index (χ4n) is 2.85. The first-order valence-electron chi connectivity index (χ1n) is 5.90. The van der Waals surface area contributed by atoms with Crippen LogP contribution in [0.4, 0.5) is 0 Å². The summed E-state index contributed by atoms with van der Waals surface area (Å²) in [6, 6.07) is 0. The molecule has 0 aromatic rings. The third kappa shape index (κ3) is 1.30. The van der Waals surface area contributed by atoms with Crippen molar-refractivity contribution in [2.75, 3.05) is 7.05 Å². The molecule has 0 atom stereocenters. The van der Waals surface area contributed by atoms with E-state index in [1.807, 2.05) is 13.8 Å². The molecule has 3 nitrogen and oxygen atoms in total. The maximum Gasteiger partial charge on any atom is 0.101 e. The van der Waals surface area contributed by atoms with Gasteiger partial charge in [-0.1, -0.05) is 13.8 Å². The molecular weight excluding hydrogens is 188 g/mol. The van der Waals surface area contributed by atoms with Gasteiger partial charge in [0.1, 0.15) is 5.66 Å². The summed E-state index contributed by atoms with van der Waals surface area (Å²) in [7, 11) is 2.08. The topological polar surface area (TPSA) is 26.4 Å². The van der Waals surface area contributed by atoms with E-state index in [2.05, 4.69) is 39.6 Å². The van der Waals surface area contributed by atoms with Crippen LogP contribution in [0.15, 0.2) is 0 Å². The van der Waals surface area contributed by atoms with Crippen LogP contribution in [0.3, 0.4) is 0 Å². The van der Waals surface area contributed by atoms with Gasteiger partial charge in [0.2, 0.25) is 0 Å². The normalized spacial score (nSPS) is 29.6. The molecule has 1 saturated heterocycles. The Morgan fingerprint density at radius 3 is 1.47 bits per heavy atom. The highest BCUT2D eigenvalue weighted by atomic mass is 16.5. The lowest BCUT2D eigenvalue weighted by Gasteiger charge is -2.40. The number of hydroxylamine groups is 2. The van der Waals surface area contributed by atoms with Gasteiger partial charge in [-0.3, -0.25) is 4.90 Å². The van der Waals surface area contributed by atoms with Crippen LogP contribution in [0.1, 0.15) is 54.4 Å². The summed E-state index contributed by atoms with van der Waals surface area (Å²) < 4.78 is 0.